The van der Waals surface area contributed by atoms with Crippen molar-refractivity contribution in [2.24, 2.45) is 10.2 Å². The highest BCUT2D eigenvalue weighted by atomic mass is 16.6. The molecule has 1 N–H and O–H groups in total. The van der Waals surface area contributed by atoms with Crippen molar-refractivity contribution in [1.29, 1.82) is 0 Å². The number of anilines is 2. The summed E-state index contributed by atoms with van der Waals surface area (Å²) < 4.78 is 5.20. The van der Waals surface area contributed by atoms with Crippen LogP contribution in [0.3, 0.4) is 0 Å². The number of ether oxygens (including phenoxy) is 1. The molecule has 0 aliphatic carbocycles. The molecule has 3 aromatic rings. The predicted molar refractivity (Wildman–Crippen MR) is 132 cm³/mol. The Hall–Kier alpha value is -4.41. The SMILES string of the molecule is Cc1cccc(CN=Nc2nc(CCCOC(=O)Nc3ccc([N+](=O)[O-])cc3)cc(N(C)C)n2)c1. The molecule has 182 valence electrons. The summed E-state index contributed by atoms with van der Waals surface area (Å²) in [6, 6.07) is 15.4. The number of nitrogens with one attached hydrogen (secondary N) is 1. The minimum Gasteiger partial charge on any atom is -0.449 e. The third kappa shape index (κ3) is 8.14. The Labute approximate surface area is 203 Å². The molecule has 1 amide bonds. The van der Waals surface area contributed by atoms with Crippen LogP contribution in [0, 0.1) is 17.0 Å². The van der Waals surface area contributed by atoms with Crippen molar-refractivity contribution in [3.8, 4) is 0 Å². The van der Waals surface area contributed by atoms with E-state index in [-0.39, 0.29) is 18.2 Å². The van der Waals surface area contributed by atoms with Gasteiger partial charge in [0.05, 0.1) is 18.1 Å². The van der Waals surface area contributed by atoms with Gasteiger partial charge in [-0.3, -0.25) is 15.4 Å². The molecule has 2 aromatic carbocycles. The van der Waals surface area contributed by atoms with Gasteiger partial charge in [-0.25, -0.2) is 9.78 Å². The average Bonchev–Trinajstić information content (AvgIpc) is 2.82. The van der Waals surface area contributed by atoms with Crippen LogP contribution in [0.4, 0.5) is 27.9 Å². The second-order valence-corrected chi connectivity index (χ2v) is 7.97. The highest BCUT2D eigenvalue weighted by Crippen LogP contribution is 2.18. The average molecular weight is 478 g/mol. The van der Waals surface area contributed by atoms with E-state index in [2.05, 4.69) is 31.6 Å². The van der Waals surface area contributed by atoms with E-state index >= 15 is 0 Å². The Morgan fingerprint density at radius 2 is 1.91 bits per heavy atom. The number of carbonyl (C=O) groups excluding carboxylic acids is 1. The number of aromatic nitrogens is 2. The first-order valence-electron chi connectivity index (χ1n) is 11.0. The van der Waals surface area contributed by atoms with Gasteiger partial charge >= 0.3 is 6.09 Å². The first kappa shape index (κ1) is 25.2. The lowest BCUT2D eigenvalue weighted by molar-refractivity contribution is -0.384. The summed E-state index contributed by atoms with van der Waals surface area (Å²) in [5, 5.41) is 21.7. The number of nitrogens with zero attached hydrogens (tertiary/aromatic N) is 6. The molecule has 1 aromatic heterocycles. The number of nitro benzene ring substituents is 1. The van der Waals surface area contributed by atoms with Crippen molar-refractivity contribution < 1.29 is 14.5 Å². The molecule has 11 nitrogen and oxygen atoms in total. The number of benzene rings is 2. The molecule has 0 aliphatic rings. The summed E-state index contributed by atoms with van der Waals surface area (Å²) >= 11 is 0. The molecule has 0 atom stereocenters. The van der Waals surface area contributed by atoms with Crippen molar-refractivity contribution in [3.63, 3.8) is 0 Å². The Morgan fingerprint density at radius 3 is 2.60 bits per heavy atom. The van der Waals surface area contributed by atoms with Crippen LogP contribution >= 0.6 is 0 Å². The van der Waals surface area contributed by atoms with Gasteiger partial charge in [-0.05, 0) is 37.5 Å². The predicted octanol–water partition coefficient (Wildman–Crippen LogP) is 5.22. The van der Waals surface area contributed by atoms with Gasteiger partial charge in [0.2, 0.25) is 0 Å². The number of amides is 1. The van der Waals surface area contributed by atoms with E-state index in [1.807, 2.05) is 50.2 Å². The number of hydrogen-bond donors (Lipinski definition) is 1. The first-order chi connectivity index (χ1) is 16.8. The minimum absolute atomic E-state index is 0.0556. The smallest absolute Gasteiger partial charge is 0.411 e. The number of aryl methyl sites for hydroxylation is 2. The highest BCUT2D eigenvalue weighted by Gasteiger charge is 2.09. The van der Waals surface area contributed by atoms with Crippen LogP contribution in [-0.4, -0.2) is 41.7 Å². The van der Waals surface area contributed by atoms with Gasteiger partial charge in [0.25, 0.3) is 11.6 Å². The van der Waals surface area contributed by atoms with Crippen molar-refractivity contribution in [2.45, 2.75) is 26.3 Å². The Morgan fingerprint density at radius 1 is 1.14 bits per heavy atom. The van der Waals surface area contributed by atoms with Gasteiger partial charge in [-0.1, -0.05) is 29.8 Å². The fourth-order valence-corrected chi connectivity index (χ4v) is 3.10. The molecular weight excluding hydrogens is 450 g/mol. The van der Waals surface area contributed by atoms with Gasteiger partial charge in [0, 0.05) is 43.7 Å². The highest BCUT2D eigenvalue weighted by molar-refractivity contribution is 5.84. The maximum Gasteiger partial charge on any atom is 0.411 e. The first-order valence-corrected chi connectivity index (χ1v) is 11.0. The Balaban J connectivity index is 1.52. The maximum absolute atomic E-state index is 12.0. The van der Waals surface area contributed by atoms with Crippen LogP contribution in [-0.2, 0) is 17.7 Å². The van der Waals surface area contributed by atoms with Crippen LogP contribution in [0.15, 0.2) is 64.8 Å². The second kappa shape index (κ2) is 12.2. The van der Waals surface area contributed by atoms with Crippen molar-refractivity contribution in [3.05, 3.63) is 81.5 Å². The van der Waals surface area contributed by atoms with E-state index in [4.69, 9.17) is 4.74 Å². The molecule has 0 saturated carbocycles. The summed E-state index contributed by atoms with van der Waals surface area (Å²) in [6.07, 6.45) is 0.451. The summed E-state index contributed by atoms with van der Waals surface area (Å²) in [6.45, 7) is 2.63. The molecule has 0 saturated heterocycles. The molecule has 0 radical (unpaired) electrons. The fraction of sp³-hybridized carbons (Fsp3) is 0.292. The minimum atomic E-state index is -0.638. The van der Waals surface area contributed by atoms with E-state index in [9.17, 15) is 14.9 Å². The number of rotatable bonds is 10. The monoisotopic (exact) mass is 477 g/mol. The van der Waals surface area contributed by atoms with Crippen molar-refractivity contribution >= 4 is 29.2 Å². The van der Waals surface area contributed by atoms with Gasteiger partial charge in [0.1, 0.15) is 5.82 Å². The molecule has 0 fully saturated rings. The zero-order valence-electron chi connectivity index (χ0n) is 19.8. The lowest BCUT2D eigenvalue weighted by Crippen LogP contribution is -2.15. The zero-order valence-corrected chi connectivity index (χ0v) is 19.8. The van der Waals surface area contributed by atoms with Crippen LogP contribution in [0.25, 0.3) is 0 Å². The quantitative estimate of drug-likeness (QED) is 0.183. The van der Waals surface area contributed by atoms with E-state index in [0.29, 0.717) is 30.9 Å². The van der Waals surface area contributed by atoms with Gasteiger partial charge < -0.3 is 9.64 Å². The Bertz CT molecular complexity index is 1200. The molecule has 0 bridgehead atoms. The lowest BCUT2D eigenvalue weighted by Gasteiger charge is -2.12. The standard InChI is InChI=1S/C24H27N7O4/c1-17-6-4-7-18(14-17)16-25-29-23-26-20(15-22(28-23)30(2)3)8-5-13-35-24(32)27-19-9-11-21(12-10-19)31(33)34/h4,6-7,9-12,14-15H,5,8,13,16H2,1-3H3,(H,27,32). The molecule has 11 heteroatoms. The zero-order chi connectivity index (χ0) is 25.2. The Kier molecular flexibility index (Phi) is 8.76. The van der Waals surface area contributed by atoms with Crippen LogP contribution in [0.1, 0.15) is 23.2 Å². The molecule has 0 unspecified atom stereocenters. The van der Waals surface area contributed by atoms with Crippen molar-refractivity contribution in [1.82, 2.24) is 9.97 Å². The summed E-state index contributed by atoms with van der Waals surface area (Å²) in [7, 11) is 3.76. The third-order valence-electron chi connectivity index (χ3n) is 4.84. The second-order valence-electron chi connectivity index (χ2n) is 7.97. The van der Waals surface area contributed by atoms with Gasteiger partial charge in [0.15, 0.2) is 0 Å². The number of hydrogen-bond acceptors (Lipinski definition) is 9. The van der Waals surface area contributed by atoms with E-state index < -0.39 is 11.0 Å². The molecule has 1 heterocycles. The van der Waals surface area contributed by atoms with E-state index in [0.717, 1.165) is 16.8 Å². The largest absolute Gasteiger partial charge is 0.449 e. The number of carbonyl (C=O) groups is 1. The maximum atomic E-state index is 12.0. The molecule has 0 spiro atoms. The summed E-state index contributed by atoms with van der Waals surface area (Å²) in [5.41, 5.74) is 3.33. The molecule has 35 heavy (non-hydrogen) atoms. The number of azo groups is 1. The van der Waals surface area contributed by atoms with Crippen LogP contribution in [0.5, 0.6) is 0 Å². The van der Waals surface area contributed by atoms with E-state index in [1.165, 1.54) is 24.3 Å². The van der Waals surface area contributed by atoms with Crippen LogP contribution in [0.2, 0.25) is 0 Å². The van der Waals surface area contributed by atoms with Crippen molar-refractivity contribution in [2.75, 3.05) is 30.9 Å². The summed E-state index contributed by atoms with van der Waals surface area (Å²) in [4.78, 5) is 32.9. The number of nitro groups is 1. The number of non-ortho nitro benzene ring substituents is 1. The molecular formula is C24H27N7O4. The van der Waals surface area contributed by atoms with E-state index in [1.54, 1.807) is 0 Å². The van der Waals surface area contributed by atoms with Gasteiger partial charge in [-0.15, -0.1) is 5.11 Å². The van der Waals surface area contributed by atoms with Gasteiger partial charge in [-0.2, -0.15) is 10.1 Å². The fourth-order valence-electron chi connectivity index (χ4n) is 3.10. The molecule has 3 rings (SSSR count). The lowest BCUT2D eigenvalue weighted by atomic mass is 10.1. The topological polar surface area (TPSA) is 135 Å². The molecule has 0 aliphatic heterocycles. The third-order valence-corrected chi connectivity index (χ3v) is 4.84. The summed E-state index contributed by atoms with van der Waals surface area (Å²) in [5.74, 6) is 0.979. The normalized spacial score (nSPS) is 10.8. The van der Waals surface area contributed by atoms with Crippen LogP contribution < -0.4 is 10.2 Å².